The Balaban J connectivity index is 1.76. The molecule has 2 fully saturated rings. The number of hydrogen-bond acceptors (Lipinski definition) is 5. The van der Waals surface area contributed by atoms with Crippen LogP contribution >= 0.6 is 0 Å². The lowest BCUT2D eigenvalue weighted by molar-refractivity contribution is -0.0445. The van der Waals surface area contributed by atoms with Gasteiger partial charge in [-0.25, -0.2) is 0 Å². The predicted molar refractivity (Wildman–Crippen MR) is 92.8 cm³/mol. The highest BCUT2D eigenvalue weighted by molar-refractivity contribution is 5.90. The summed E-state index contributed by atoms with van der Waals surface area (Å²) < 4.78 is 22.8. The summed E-state index contributed by atoms with van der Waals surface area (Å²) in [5.41, 5.74) is 2.23. The molecular formula is C19H23NO4. The lowest BCUT2D eigenvalue weighted by atomic mass is 10.0. The number of morpholine rings is 1. The molecule has 2 saturated heterocycles. The van der Waals surface area contributed by atoms with Gasteiger partial charge in [-0.1, -0.05) is 12.1 Å². The SMILES string of the molecule is CCOc1ccc2cc(N3CCOCC3)ccc2c1C1OCCO1. The van der Waals surface area contributed by atoms with Gasteiger partial charge in [0.25, 0.3) is 0 Å². The largest absolute Gasteiger partial charge is 0.493 e. The Labute approximate surface area is 142 Å². The fourth-order valence-corrected chi connectivity index (χ4v) is 3.39. The van der Waals surface area contributed by atoms with Crippen molar-refractivity contribution in [1.29, 1.82) is 0 Å². The molecule has 128 valence electrons. The summed E-state index contributed by atoms with van der Waals surface area (Å²) in [5, 5.41) is 2.31. The average Bonchev–Trinajstić information content (AvgIpc) is 3.16. The summed E-state index contributed by atoms with van der Waals surface area (Å²) in [6.07, 6.45) is -0.343. The predicted octanol–water partition coefficient (Wildman–Crippen LogP) is 3.12. The molecule has 2 heterocycles. The van der Waals surface area contributed by atoms with Crippen LogP contribution in [0.3, 0.4) is 0 Å². The van der Waals surface area contributed by atoms with Gasteiger partial charge in [0, 0.05) is 18.8 Å². The van der Waals surface area contributed by atoms with E-state index in [1.165, 1.54) is 11.1 Å². The smallest absolute Gasteiger partial charge is 0.188 e. The van der Waals surface area contributed by atoms with E-state index in [1.807, 2.05) is 13.0 Å². The van der Waals surface area contributed by atoms with Gasteiger partial charge in [0.15, 0.2) is 6.29 Å². The molecule has 2 aliphatic heterocycles. The van der Waals surface area contributed by atoms with Crippen molar-refractivity contribution in [3.05, 3.63) is 35.9 Å². The minimum Gasteiger partial charge on any atom is -0.493 e. The van der Waals surface area contributed by atoms with Gasteiger partial charge < -0.3 is 23.8 Å². The molecule has 0 amide bonds. The minimum absolute atomic E-state index is 0.343. The molecule has 0 unspecified atom stereocenters. The Bertz CT molecular complexity index is 706. The summed E-state index contributed by atoms with van der Waals surface area (Å²) in [6.45, 7) is 7.31. The van der Waals surface area contributed by atoms with Crippen LogP contribution < -0.4 is 9.64 Å². The molecule has 0 saturated carbocycles. The van der Waals surface area contributed by atoms with Crippen molar-refractivity contribution in [3.63, 3.8) is 0 Å². The van der Waals surface area contributed by atoms with Gasteiger partial charge in [-0.2, -0.15) is 0 Å². The molecule has 2 aliphatic rings. The fraction of sp³-hybridized carbons (Fsp3) is 0.474. The molecule has 0 spiro atoms. The molecule has 2 aromatic carbocycles. The third kappa shape index (κ3) is 2.95. The van der Waals surface area contributed by atoms with Crippen LogP contribution in [0, 0.1) is 0 Å². The first-order valence-corrected chi connectivity index (χ1v) is 8.62. The first-order chi connectivity index (χ1) is 11.9. The average molecular weight is 329 g/mol. The molecule has 0 radical (unpaired) electrons. The quantitative estimate of drug-likeness (QED) is 0.862. The zero-order chi connectivity index (χ0) is 16.4. The van der Waals surface area contributed by atoms with E-state index >= 15 is 0 Å². The van der Waals surface area contributed by atoms with Gasteiger partial charge in [0.2, 0.25) is 0 Å². The highest BCUT2D eigenvalue weighted by Gasteiger charge is 2.25. The van der Waals surface area contributed by atoms with Gasteiger partial charge in [-0.3, -0.25) is 0 Å². The molecule has 0 aliphatic carbocycles. The summed E-state index contributed by atoms with van der Waals surface area (Å²) in [7, 11) is 0. The maximum atomic E-state index is 5.82. The van der Waals surface area contributed by atoms with Crippen LogP contribution in [-0.4, -0.2) is 46.1 Å². The number of anilines is 1. The first-order valence-electron chi connectivity index (χ1n) is 8.62. The maximum absolute atomic E-state index is 5.82. The summed E-state index contributed by atoms with van der Waals surface area (Å²) in [5.74, 6) is 0.844. The molecular weight excluding hydrogens is 306 g/mol. The molecule has 0 N–H and O–H groups in total. The van der Waals surface area contributed by atoms with Crippen LogP contribution in [0.2, 0.25) is 0 Å². The molecule has 4 rings (SSSR count). The Kier molecular flexibility index (Phi) is 4.56. The topological polar surface area (TPSA) is 40.2 Å². The van der Waals surface area contributed by atoms with Crippen molar-refractivity contribution in [3.8, 4) is 5.75 Å². The Morgan fingerprint density at radius 1 is 1.04 bits per heavy atom. The van der Waals surface area contributed by atoms with Crippen molar-refractivity contribution < 1.29 is 18.9 Å². The van der Waals surface area contributed by atoms with Crippen LogP contribution in [0.25, 0.3) is 10.8 Å². The molecule has 0 aromatic heterocycles. The van der Waals surface area contributed by atoms with Crippen molar-refractivity contribution in [2.24, 2.45) is 0 Å². The molecule has 5 heteroatoms. The van der Waals surface area contributed by atoms with E-state index in [-0.39, 0.29) is 6.29 Å². The zero-order valence-electron chi connectivity index (χ0n) is 14.0. The second-order valence-electron chi connectivity index (χ2n) is 5.99. The lowest BCUT2D eigenvalue weighted by Crippen LogP contribution is -2.36. The van der Waals surface area contributed by atoms with E-state index in [4.69, 9.17) is 18.9 Å². The van der Waals surface area contributed by atoms with E-state index in [2.05, 4.69) is 29.2 Å². The lowest BCUT2D eigenvalue weighted by Gasteiger charge is -2.29. The zero-order valence-corrected chi connectivity index (χ0v) is 14.0. The minimum atomic E-state index is -0.343. The monoisotopic (exact) mass is 329 g/mol. The number of rotatable bonds is 4. The third-order valence-corrected chi connectivity index (χ3v) is 4.54. The van der Waals surface area contributed by atoms with Crippen molar-refractivity contribution in [2.45, 2.75) is 13.2 Å². The summed E-state index contributed by atoms with van der Waals surface area (Å²) >= 11 is 0. The van der Waals surface area contributed by atoms with Crippen molar-refractivity contribution in [2.75, 3.05) is 51.0 Å². The van der Waals surface area contributed by atoms with Crippen LogP contribution in [0.4, 0.5) is 5.69 Å². The van der Waals surface area contributed by atoms with Gasteiger partial charge in [-0.05, 0) is 35.9 Å². The van der Waals surface area contributed by atoms with Crippen molar-refractivity contribution in [1.82, 2.24) is 0 Å². The highest BCUT2D eigenvalue weighted by Crippen LogP contribution is 2.38. The Morgan fingerprint density at radius 3 is 2.58 bits per heavy atom. The van der Waals surface area contributed by atoms with E-state index < -0.39 is 0 Å². The molecule has 0 bridgehead atoms. The van der Waals surface area contributed by atoms with Crippen molar-refractivity contribution >= 4 is 16.5 Å². The van der Waals surface area contributed by atoms with E-state index in [1.54, 1.807) is 0 Å². The van der Waals surface area contributed by atoms with E-state index in [9.17, 15) is 0 Å². The molecule has 5 nitrogen and oxygen atoms in total. The number of ether oxygens (including phenoxy) is 4. The van der Waals surface area contributed by atoms with Crippen LogP contribution in [-0.2, 0) is 14.2 Å². The summed E-state index contributed by atoms with van der Waals surface area (Å²) in [4.78, 5) is 2.36. The van der Waals surface area contributed by atoms with Crippen LogP contribution in [0.5, 0.6) is 5.75 Å². The van der Waals surface area contributed by atoms with Crippen LogP contribution in [0.15, 0.2) is 30.3 Å². The van der Waals surface area contributed by atoms with Gasteiger partial charge in [0.05, 0.1) is 38.6 Å². The first kappa shape index (κ1) is 15.7. The molecule has 24 heavy (non-hydrogen) atoms. The standard InChI is InChI=1S/C19H23NO4/c1-2-22-17-6-3-14-13-15(20-7-9-21-10-8-20)4-5-16(14)18(17)19-23-11-12-24-19/h3-6,13,19H,2,7-12H2,1H3. The van der Waals surface area contributed by atoms with Crippen LogP contribution in [0.1, 0.15) is 18.8 Å². The number of nitrogens with zero attached hydrogens (tertiary/aromatic N) is 1. The summed E-state index contributed by atoms with van der Waals surface area (Å²) in [6, 6.07) is 10.7. The number of hydrogen-bond donors (Lipinski definition) is 0. The second kappa shape index (κ2) is 6.97. The third-order valence-electron chi connectivity index (χ3n) is 4.54. The molecule has 0 atom stereocenters. The molecule has 2 aromatic rings. The number of fused-ring (bicyclic) bond motifs is 1. The maximum Gasteiger partial charge on any atom is 0.188 e. The second-order valence-corrected chi connectivity index (χ2v) is 5.99. The fourth-order valence-electron chi connectivity index (χ4n) is 3.39. The Morgan fingerprint density at radius 2 is 1.83 bits per heavy atom. The highest BCUT2D eigenvalue weighted by atomic mass is 16.7. The van der Waals surface area contributed by atoms with E-state index in [0.29, 0.717) is 19.8 Å². The number of benzene rings is 2. The van der Waals surface area contributed by atoms with Gasteiger partial charge in [-0.15, -0.1) is 0 Å². The van der Waals surface area contributed by atoms with Gasteiger partial charge in [0.1, 0.15) is 5.75 Å². The Hall–Kier alpha value is -1.82. The van der Waals surface area contributed by atoms with Gasteiger partial charge >= 0.3 is 0 Å². The normalized spacial score (nSPS) is 19.1. The van der Waals surface area contributed by atoms with E-state index in [0.717, 1.165) is 43.0 Å².